The van der Waals surface area contributed by atoms with Crippen molar-refractivity contribution in [1.29, 1.82) is 0 Å². The van der Waals surface area contributed by atoms with Gasteiger partial charge in [-0.3, -0.25) is 19.3 Å². The van der Waals surface area contributed by atoms with Gasteiger partial charge in [-0.25, -0.2) is 0 Å². The average Bonchev–Trinajstić information content (AvgIpc) is 3.06. The zero-order valence-electron chi connectivity index (χ0n) is 18.3. The normalized spacial score (nSPS) is 14.6. The minimum Gasteiger partial charge on any atom is -0.493 e. The van der Waals surface area contributed by atoms with Crippen LogP contribution in [0.2, 0.25) is 5.02 Å². The fourth-order valence-corrected chi connectivity index (χ4v) is 3.94. The van der Waals surface area contributed by atoms with Crippen molar-refractivity contribution < 1.29 is 28.6 Å². The molecule has 0 spiro atoms. The molecule has 1 fully saturated rings. The Hall–Kier alpha value is -2.97. The minimum absolute atomic E-state index is 0.186. The van der Waals surface area contributed by atoms with Crippen LogP contribution in [0.1, 0.15) is 30.9 Å². The number of methoxy groups -OCH3 is 1. The van der Waals surface area contributed by atoms with Crippen LogP contribution < -0.4 is 9.47 Å². The molecular formula is C24H24ClNO6S. The lowest BCUT2D eigenvalue weighted by molar-refractivity contribution is -0.146. The van der Waals surface area contributed by atoms with Gasteiger partial charge in [0.05, 0.1) is 18.6 Å². The van der Waals surface area contributed by atoms with Crippen molar-refractivity contribution in [2.75, 3.05) is 20.3 Å². The molecule has 2 aromatic carbocycles. The molecule has 0 aromatic heterocycles. The summed E-state index contributed by atoms with van der Waals surface area (Å²) in [6.45, 7) is 2.08. The molecule has 0 aliphatic carbocycles. The Morgan fingerprint density at radius 1 is 1.15 bits per heavy atom. The summed E-state index contributed by atoms with van der Waals surface area (Å²) >= 11 is 6.70. The van der Waals surface area contributed by atoms with Crippen LogP contribution in [0, 0.1) is 0 Å². The van der Waals surface area contributed by atoms with Gasteiger partial charge in [-0.05, 0) is 48.0 Å². The first-order valence-corrected chi connectivity index (χ1v) is 11.6. The van der Waals surface area contributed by atoms with Crippen LogP contribution in [0.3, 0.4) is 0 Å². The summed E-state index contributed by atoms with van der Waals surface area (Å²) < 4.78 is 16.5. The Bertz CT molecular complexity index is 1050. The number of thioether (sulfide) groups is 1. The number of nitrogens with zero attached hydrogens (tertiary/aromatic N) is 1. The standard InChI is InChI=1S/C24H24ClNO6S/c1-3-4-12-31-21(27)14-26-23(28)20(33-24(26)29)13-17-6-5-7-19(30-2)22(17)32-15-16-8-10-18(25)11-9-16/h5-11,13H,3-4,12,14-15H2,1-2H3/b20-13+. The van der Waals surface area contributed by atoms with E-state index in [0.717, 1.165) is 35.1 Å². The van der Waals surface area contributed by atoms with Crippen molar-refractivity contribution in [3.8, 4) is 11.5 Å². The van der Waals surface area contributed by atoms with Gasteiger partial charge < -0.3 is 14.2 Å². The lowest BCUT2D eigenvalue weighted by Gasteiger charge is -2.14. The number of rotatable bonds is 10. The van der Waals surface area contributed by atoms with Crippen molar-refractivity contribution in [1.82, 2.24) is 4.90 Å². The summed E-state index contributed by atoms with van der Waals surface area (Å²) in [6.07, 6.45) is 3.16. The molecule has 0 radical (unpaired) electrons. The number of unbranched alkanes of at least 4 members (excludes halogenated alkanes) is 1. The van der Waals surface area contributed by atoms with E-state index in [2.05, 4.69) is 0 Å². The topological polar surface area (TPSA) is 82.1 Å². The van der Waals surface area contributed by atoms with E-state index in [9.17, 15) is 14.4 Å². The SMILES string of the molecule is CCCCOC(=O)CN1C(=O)S/C(=C/c2cccc(OC)c2OCc2ccc(Cl)cc2)C1=O. The van der Waals surface area contributed by atoms with Gasteiger partial charge in [0.1, 0.15) is 13.2 Å². The zero-order chi connectivity index (χ0) is 23.8. The second-order valence-electron chi connectivity index (χ2n) is 7.14. The number of carbonyl (C=O) groups is 3. The molecule has 2 aromatic rings. The summed E-state index contributed by atoms with van der Waals surface area (Å²) in [5.41, 5.74) is 1.47. The Kier molecular flexibility index (Phi) is 8.79. The van der Waals surface area contributed by atoms with Crippen LogP contribution in [0.15, 0.2) is 47.4 Å². The quantitative estimate of drug-likeness (QED) is 0.254. The molecule has 0 atom stereocenters. The molecule has 3 rings (SSSR count). The molecular weight excluding hydrogens is 466 g/mol. The number of hydrogen-bond donors (Lipinski definition) is 0. The van der Waals surface area contributed by atoms with Crippen molar-refractivity contribution in [3.05, 3.63) is 63.5 Å². The second-order valence-corrected chi connectivity index (χ2v) is 8.57. The minimum atomic E-state index is -0.611. The van der Waals surface area contributed by atoms with E-state index in [1.807, 2.05) is 19.1 Å². The fraction of sp³-hybridized carbons (Fsp3) is 0.292. The Morgan fingerprint density at radius 2 is 1.91 bits per heavy atom. The molecule has 2 amide bonds. The lowest BCUT2D eigenvalue weighted by atomic mass is 10.1. The van der Waals surface area contributed by atoms with E-state index >= 15 is 0 Å². The number of ether oxygens (including phenoxy) is 3. The molecule has 0 N–H and O–H groups in total. The van der Waals surface area contributed by atoms with Gasteiger partial charge in [0, 0.05) is 10.6 Å². The number of benzene rings is 2. The number of amides is 2. The van der Waals surface area contributed by atoms with Gasteiger partial charge in [0.2, 0.25) is 0 Å². The predicted octanol–water partition coefficient (Wildman–Crippen LogP) is 5.31. The van der Waals surface area contributed by atoms with Crippen molar-refractivity contribution in [3.63, 3.8) is 0 Å². The third-order valence-corrected chi connectivity index (χ3v) is 5.89. The molecule has 33 heavy (non-hydrogen) atoms. The summed E-state index contributed by atoms with van der Waals surface area (Å²) in [5.74, 6) is -0.249. The second kappa shape index (κ2) is 11.8. The molecule has 0 saturated carbocycles. The monoisotopic (exact) mass is 489 g/mol. The Morgan fingerprint density at radius 3 is 2.61 bits per heavy atom. The highest BCUT2D eigenvalue weighted by molar-refractivity contribution is 8.18. The van der Waals surface area contributed by atoms with Crippen LogP contribution in [0.25, 0.3) is 6.08 Å². The summed E-state index contributed by atoms with van der Waals surface area (Å²) in [4.78, 5) is 38.2. The maximum atomic E-state index is 12.8. The van der Waals surface area contributed by atoms with Gasteiger partial charge in [0.25, 0.3) is 11.1 Å². The number of imide groups is 1. The molecule has 174 valence electrons. The van der Waals surface area contributed by atoms with Gasteiger partial charge in [0.15, 0.2) is 11.5 Å². The molecule has 9 heteroatoms. The highest BCUT2D eigenvalue weighted by Gasteiger charge is 2.37. The van der Waals surface area contributed by atoms with Crippen molar-refractivity contribution in [2.45, 2.75) is 26.4 Å². The van der Waals surface area contributed by atoms with E-state index in [1.165, 1.54) is 7.11 Å². The Balaban J connectivity index is 1.77. The molecule has 1 aliphatic rings. The fourth-order valence-electron chi connectivity index (χ4n) is 2.98. The van der Waals surface area contributed by atoms with Crippen molar-refractivity contribution in [2.24, 2.45) is 0 Å². The third-order valence-electron chi connectivity index (χ3n) is 4.73. The van der Waals surface area contributed by atoms with E-state index < -0.39 is 23.7 Å². The molecule has 7 nitrogen and oxygen atoms in total. The maximum absolute atomic E-state index is 12.8. The third kappa shape index (κ3) is 6.52. The van der Waals surface area contributed by atoms with Crippen LogP contribution >= 0.6 is 23.4 Å². The highest BCUT2D eigenvalue weighted by atomic mass is 35.5. The molecule has 0 bridgehead atoms. The van der Waals surface area contributed by atoms with E-state index in [-0.39, 0.29) is 18.1 Å². The van der Waals surface area contributed by atoms with E-state index in [0.29, 0.717) is 22.1 Å². The number of hydrogen-bond acceptors (Lipinski definition) is 7. The summed E-state index contributed by atoms with van der Waals surface area (Å²) in [7, 11) is 1.52. The average molecular weight is 490 g/mol. The van der Waals surface area contributed by atoms with E-state index in [1.54, 1.807) is 36.4 Å². The molecule has 1 saturated heterocycles. The van der Waals surface area contributed by atoms with Gasteiger partial charge in [-0.1, -0.05) is 49.2 Å². The van der Waals surface area contributed by atoms with Crippen LogP contribution in [-0.2, 0) is 20.9 Å². The van der Waals surface area contributed by atoms with Crippen LogP contribution in [0.5, 0.6) is 11.5 Å². The summed E-state index contributed by atoms with van der Waals surface area (Å²) in [5, 5.41) is 0.104. The lowest BCUT2D eigenvalue weighted by Crippen LogP contribution is -2.34. The van der Waals surface area contributed by atoms with Gasteiger partial charge in [-0.15, -0.1) is 0 Å². The van der Waals surface area contributed by atoms with E-state index in [4.69, 9.17) is 25.8 Å². The number of halogens is 1. The molecule has 1 heterocycles. The first-order chi connectivity index (χ1) is 15.9. The summed E-state index contributed by atoms with van der Waals surface area (Å²) in [6, 6.07) is 12.5. The molecule has 1 aliphatic heterocycles. The Labute approximate surface area is 201 Å². The zero-order valence-corrected chi connectivity index (χ0v) is 19.9. The number of esters is 1. The maximum Gasteiger partial charge on any atom is 0.326 e. The predicted molar refractivity (Wildman–Crippen MR) is 127 cm³/mol. The molecule has 0 unspecified atom stereocenters. The number of para-hydroxylation sites is 1. The highest BCUT2D eigenvalue weighted by Crippen LogP contribution is 2.37. The largest absolute Gasteiger partial charge is 0.493 e. The first-order valence-electron chi connectivity index (χ1n) is 10.4. The van der Waals surface area contributed by atoms with Gasteiger partial charge >= 0.3 is 5.97 Å². The first kappa shape index (κ1) is 24.7. The smallest absolute Gasteiger partial charge is 0.326 e. The van der Waals surface area contributed by atoms with Crippen molar-refractivity contribution >= 4 is 46.6 Å². The number of carbonyl (C=O) groups excluding carboxylic acids is 3. The van der Waals surface area contributed by atoms with Gasteiger partial charge in [-0.2, -0.15) is 0 Å². The van der Waals surface area contributed by atoms with Crippen LogP contribution in [0.4, 0.5) is 4.79 Å². The van der Waals surface area contributed by atoms with Crippen LogP contribution in [-0.4, -0.2) is 42.3 Å².